The van der Waals surface area contributed by atoms with Crippen LogP contribution in [0.25, 0.3) is 0 Å². The van der Waals surface area contributed by atoms with E-state index >= 15 is 0 Å². The summed E-state index contributed by atoms with van der Waals surface area (Å²) in [6.07, 6.45) is 0. The van der Waals surface area contributed by atoms with E-state index in [2.05, 4.69) is 6.07 Å². The third kappa shape index (κ3) is 4.30. The molecule has 0 N–H and O–H groups in total. The van der Waals surface area contributed by atoms with E-state index in [1.54, 1.807) is 19.0 Å². The maximum Gasteiger partial charge on any atom is 0.239 e. The Hall–Kier alpha value is -1.08. The SMILES string of the molecule is CCN(CC(C)C#N)C(C)C(=O)N(C)C. The average molecular weight is 211 g/mol. The van der Waals surface area contributed by atoms with Crippen LogP contribution in [0.1, 0.15) is 20.8 Å². The second kappa shape index (κ2) is 6.41. The lowest BCUT2D eigenvalue weighted by Crippen LogP contribution is -2.46. The molecule has 0 saturated heterocycles. The maximum atomic E-state index is 11.7. The number of nitrogens with zero attached hydrogens (tertiary/aromatic N) is 3. The molecule has 0 aliphatic carbocycles. The molecule has 15 heavy (non-hydrogen) atoms. The Morgan fingerprint density at radius 3 is 2.27 bits per heavy atom. The second-order valence-corrected chi connectivity index (χ2v) is 4.03. The van der Waals surface area contributed by atoms with Crippen molar-refractivity contribution in [2.75, 3.05) is 27.2 Å². The van der Waals surface area contributed by atoms with Gasteiger partial charge in [-0.25, -0.2) is 0 Å². The van der Waals surface area contributed by atoms with E-state index in [-0.39, 0.29) is 17.9 Å². The summed E-state index contributed by atoms with van der Waals surface area (Å²) >= 11 is 0. The third-order valence-corrected chi connectivity index (χ3v) is 2.48. The zero-order valence-electron chi connectivity index (χ0n) is 10.3. The minimum absolute atomic E-state index is 0.0395. The maximum absolute atomic E-state index is 11.7. The Kier molecular flexibility index (Phi) is 5.95. The van der Waals surface area contributed by atoms with Crippen LogP contribution in [0.4, 0.5) is 0 Å². The van der Waals surface area contributed by atoms with Gasteiger partial charge >= 0.3 is 0 Å². The van der Waals surface area contributed by atoms with Gasteiger partial charge in [-0.15, -0.1) is 0 Å². The van der Waals surface area contributed by atoms with Gasteiger partial charge in [-0.1, -0.05) is 6.92 Å². The highest BCUT2D eigenvalue weighted by Gasteiger charge is 2.22. The predicted molar refractivity (Wildman–Crippen MR) is 60.2 cm³/mol. The Morgan fingerprint density at radius 2 is 1.93 bits per heavy atom. The fraction of sp³-hybridized carbons (Fsp3) is 0.818. The normalized spacial score (nSPS) is 14.5. The number of likely N-dealkylation sites (N-methyl/N-ethyl adjacent to an activating group) is 2. The molecule has 0 spiro atoms. The molecular weight excluding hydrogens is 190 g/mol. The molecule has 0 saturated carbocycles. The van der Waals surface area contributed by atoms with Crippen LogP contribution in [0.2, 0.25) is 0 Å². The van der Waals surface area contributed by atoms with Crippen LogP contribution in [-0.4, -0.2) is 48.9 Å². The smallest absolute Gasteiger partial charge is 0.239 e. The van der Waals surface area contributed by atoms with Crippen molar-refractivity contribution in [1.29, 1.82) is 5.26 Å². The van der Waals surface area contributed by atoms with Crippen molar-refractivity contribution in [2.45, 2.75) is 26.8 Å². The lowest BCUT2D eigenvalue weighted by atomic mass is 10.1. The molecule has 2 atom stereocenters. The van der Waals surface area contributed by atoms with Gasteiger partial charge in [0.2, 0.25) is 5.91 Å². The monoisotopic (exact) mass is 211 g/mol. The summed E-state index contributed by atoms with van der Waals surface area (Å²) in [6, 6.07) is 2.03. The first-order chi connectivity index (χ1) is 6.93. The van der Waals surface area contributed by atoms with E-state index in [0.29, 0.717) is 6.54 Å². The first-order valence-corrected chi connectivity index (χ1v) is 5.28. The van der Waals surface area contributed by atoms with Gasteiger partial charge in [0.25, 0.3) is 0 Å². The van der Waals surface area contributed by atoms with Crippen LogP contribution < -0.4 is 0 Å². The third-order valence-electron chi connectivity index (χ3n) is 2.48. The Labute approximate surface area is 92.5 Å². The molecule has 1 amide bonds. The largest absolute Gasteiger partial charge is 0.347 e. The van der Waals surface area contributed by atoms with Crippen molar-refractivity contribution < 1.29 is 4.79 Å². The van der Waals surface area contributed by atoms with Crippen LogP contribution >= 0.6 is 0 Å². The lowest BCUT2D eigenvalue weighted by Gasteiger charge is -2.29. The van der Waals surface area contributed by atoms with Gasteiger partial charge in [-0.05, 0) is 20.4 Å². The van der Waals surface area contributed by atoms with E-state index in [9.17, 15) is 4.79 Å². The summed E-state index contributed by atoms with van der Waals surface area (Å²) in [5.74, 6) is 0.0457. The van der Waals surface area contributed by atoms with Gasteiger partial charge in [-0.2, -0.15) is 5.26 Å². The predicted octanol–water partition coefficient (Wildman–Crippen LogP) is 0.945. The summed E-state index contributed by atoms with van der Waals surface area (Å²) in [5.41, 5.74) is 0. The van der Waals surface area contributed by atoms with Gasteiger partial charge in [0.05, 0.1) is 18.0 Å². The van der Waals surface area contributed by atoms with Crippen molar-refractivity contribution in [2.24, 2.45) is 5.92 Å². The molecule has 2 unspecified atom stereocenters. The molecule has 0 rings (SSSR count). The van der Waals surface area contributed by atoms with E-state index < -0.39 is 0 Å². The topological polar surface area (TPSA) is 47.3 Å². The molecule has 0 aromatic carbocycles. The second-order valence-electron chi connectivity index (χ2n) is 4.03. The number of carbonyl (C=O) groups is 1. The molecule has 0 bridgehead atoms. The van der Waals surface area contributed by atoms with E-state index in [1.807, 2.05) is 25.7 Å². The fourth-order valence-electron chi connectivity index (χ4n) is 1.48. The standard InChI is InChI=1S/C11H21N3O/c1-6-14(8-9(2)7-12)10(3)11(15)13(4)5/h9-10H,6,8H2,1-5H3. The number of hydrogen-bond acceptors (Lipinski definition) is 3. The number of nitriles is 1. The molecular formula is C11H21N3O. The van der Waals surface area contributed by atoms with Gasteiger partial charge in [0.15, 0.2) is 0 Å². The fourth-order valence-corrected chi connectivity index (χ4v) is 1.48. The minimum atomic E-state index is -0.152. The number of hydrogen-bond donors (Lipinski definition) is 0. The van der Waals surface area contributed by atoms with Crippen LogP contribution in [0.15, 0.2) is 0 Å². The highest BCUT2D eigenvalue weighted by molar-refractivity contribution is 5.80. The first kappa shape index (κ1) is 13.9. The summed E-state index contributed by atoms with van der Waals surface area (Å²) in [5, 5.41) is 8.74. The van der Waals surface area contributed by atoms with Crippen LogP contribution in [0, 0.1) is 17.2 Å². The first-order valence-electron chi connectivity index (χ1n) is 5.28. The quantitative estimate of drug-likeness (QED) is 0.680. The zero-order chi connectivity index (χ0) is 12.0. The minimum Gasteiger partial charge on any atom is -0.347 e. The molecule has 4 heteroatoms. The van der Waals surface area contributed by atoms with Crippen LogP contribution in [0.5, 0.6) is 0 Å². The van der Waals surface area contributed by atoms with Crippen molar-refractivity contribution in [3.8, 4) is 6.07 Å². The lowest BCUT2D eigenvalue weighted by molar-refractivity contribution is -0.133. The molecule has 0 fully saturated rings. The highest BCUT2D eigenvalue weighted by atomic mass is 16.2. The Bertz CT molecular complexity index is 245. The van der Waals surface area contributed by atoms with Crippen molar-refractivity contribution in [3.05, 3.63) is 0 Å². The highest BCUT2D eigenvalue weighted by Crippen LogP contribution is 2.06. The molecule has 0 aromatic heterocycles. The van der Waals surface area contributed by atoms with Gasteiger partial charge in [-0.3, -0.25) is 9.69 Å². The van der Waals surface area contributed by atoms with Crippen molar-refractivity contribution >= 4 is 5.91 Å². The van der Waals surface area contributed by atoms with Crippen LogP contribution in [-0.2, 0) is 4.79 Å². The number of rotatable bonds is 5. The van der Waals surface area contributed by atoms with E-state index in [1.165, 1.54) is 0 Å². The molecule has 0 heterocycles. The Morgan fingerprint density at radius 1 is 1.40 bits per heavy atom. The molecule has 0 aliphatic rings. The number of carbonyl (C=O) groups excluding carboxylic acids is 1. The summed E-state index contributed by atoms with van der Waals surface area (Å²) in [7, 11) is 3.50. The van der Waals surface area contributed by atoms with E-state index in [4.69, 9.17) is 5.26 Å². The van der Waals surface area contributed by atoms with E-state index in [0.717, 1.165) is 6.54 Å². The molecule has 0 aliphatic heterocycles. The molecule has 86 valence electrons. The zero-order valence-corrected chi connectivity index (χ0v) is 10.3. The molecule has 0 radical (unpaired) electrons. The average Bonchev–Trinajstić information content (AvgIpc) is 2.23. The van der Waals surface area contributed by atoms with Crippen LogP contribution in [0.3, 0.4) is 0 Å². The van der Waals surface area contributed by atoms with Crippen molar-refractivity contribution in [3.63, 3.8) is 0 Å². The van der Waals surface area contributed by atoms with Gasteiger partial charge < -0.3 is 4.90 Å². The summed E-state index contributed by atoms with van der Waals surface area (Å²) < 4.78 is 0. The van der Waals surface area contributed by atoms with Gasteiger partial charge in [0, 0.05) is 20.6 Å². The summed E-state index contributed by atoms with van der Waals surface area (Å²) in [4.78, 5) is 15.3. The molecule has 0 aromatic rings. The summed E-state index contributed by atoms with van der Waals surface area (Å²) in [6.45, 7) is 7.19. The Balaban J connectivity index is 4.41. The van der Waals surface area contributed by atoms with Crippen molar-refractivity contribution in [1.82, 2.24) is 9.80 Å². The number of amides is 1. The molecule has 4 nitrogen and oxygen atoms in total. The van der Waals surface area contributed by atoms with Gasteiger partial charge in [0.1, 0.15) is 0 Å².